The first-order chi connectivity index (χ1) is 11.6. The maximum absolute atomic E-state index is 12.1. The minimum atomic E-state index is -0.0671. The number of carbonyl (C=O) groups excluding carboxylic acids is 1. The maximum atomic E-state index is 12.1. The first-order valence-electron chi connectivity index (χ1n) is 8.49. The lowest BCUT2D eigenvalue weighted by Gasteiger charge is -2.14. The van der Waals surface area contributed by atoms with Gasteiger partial charge in [-0.2, -0.15) is 0 Å². The predicted molar refractivity (Wildman–Crippen MR) is 99.9 cm³/mol. The van der Waals surface area contributed by atoms with Crippen LogP contribution in [0.4, 0.5) is 11.4 Å². The number of nitrogens with one attached hydrogen (secondary N) is 2. The first kappa shape index (κ1) is 17.9. The molecular weight excluding hydrogens is 300 g/mol. The van der Waals surface area contributed by atoms with Crippen LogP contribution in [0.3, 0.4) is 0 Å². The average Bonchev–Trinajstić information content (AvgIpc) is 2.60. The van der Waals surface area contributed by atoms with Crippen LogP contribution in [-0.4, -0.2) is 19.1 Å². The van der Waals surface area contributed by atoms with Gasteiger partial charge in [0.15, 0.2) is 0 Å². The molecule has 0 unspecified atom stereocenters. The van der Waals surface area contributed by atoms with E-state index in [4.69, 9.17) is 4.74 Å². The molecule has 0 spiro atoms. The summed E-state index contributed by atoms with van der Waals surface area (Å²) in [5, 5.41) is 6.15. The van der Waals surface area contributed by atoms with Crippen molar-refractivity contribution in [3.8, 4) is 5.75 Å². The Morgan fingerprint density at radius 3 is 2.50 bits per heavy atom. The van der Waals surface area contributed by atoms with Crippen LogP contribution in [0.1, 0.15) is 31.4 Å². The van der Waals surface area contributed by atoms with E-state index in [2.05, 4.69) is 43.5 Å². The van der Waals surface area contributed by atoms with Crippen molar-refractivity contribution >= 4 is 17.3 Å². The molecule has 1 amide bonds. The largest absolute Gasteiger partial charge is 0.494 e. The highest BCUT2D eigenvalue weighted by Gasteiger charge is 2.07. The van der Waals surface area contributed by atoms with Crippen molar-refractivity contribution in [3.63, 3.8) is 0 Å². The van der Waals surface area contributed by atoms with Gasteiger partial charge < -0.3 is 15.4 Å². The quantitative estimate of drug-likeness (QED) is 0.756. The van der Waals surface area contributed by atoms with Gasteiger partial charge in [0, 0.05) is 11.4 Å². The normalized spacial score (nSPS) is 10.3. The zero-order valence-corrected chi connectivity index (χ0v) is 14.7. The third-order valence-corrected chi connectivity index (χ3v) is 3.78. The van der Waals surface area contributed by atoms with Gasteiger partial charge in [0.05, 0.1) is 13.2 Å². The van der Waals surface area contributed by atoms with Crippen molar-refractivity contribution in [2.24, 2.45) is 0 Å². The Balaban J connectivity index is 1.90. The molecule has 0 bridgehead atoms. The number of amides is 1. The second-order valence-corrected chi connectivity index (χ2v) is 5.74. The van der Waals surface area contributed by atoms with E-state index in [0.717, 1.165) is 35.5 Å². The summed E-state index contributed by atoms with van der Waals surface area (Å²) in [5.74, 6) is 0.753. The lowest BCUT2D eigenvalue weighted by atomic mass is 10.1. The Morgan fingerprint density at radius 2 is 1.83 bits per heavy atom. The van der Waals surface area contributed by atoms with Gasteiger partial charge in [-0.1, -0.05) is 32.0 Å². The molecule has 0 aromatic heterocycles. The zero-order chi connectivity index (χ0) is 17.4. The number of hydrogen-bond donors (Lipinski definition) is 2. The first-order valence-corrected chi connectivity index (χ1v) is 8.49. The summed E-state index contributed by atoms with van der Waals surface area (Å²) < 4.78 is 5.53. The number of benzene rings is 2. The van der Waals surface area contributed by atoms with E-state index in [1.165, 1.54) is 5.56 Å². The van der Waals surface area contributed by atoms with Gasteiger partial charge in [-0.05, 0) is 55.2 Å². The monoisotopic (exact) mass is 326 g/mol. The van der Waals surface area contributed by atoms with E-state index >= 15 is 0 Å². The summed E-state index contributed by atoms with van der Waals surface area (Å²) in [6.45, 7) is 7.17. The molecule has 0 saturated carbocycles. The molecule has 2 N–H and O–H groups in total. The fourth-order valence-electron chi connectivity index (χ4n) is 2.50. The lowest BCUT2D eigenvalue weighted by Crippen LogP contribution is -2.22. The molecule has 0 aliphatic heterocycles. The summed E-state index contributed by atoms with van der Waals surface area (Å²) >= 11 is 0. The number of anilines is 2. The number of hydrogen-bond acceptors (Lipinski definition) is 3. The molecular formula is C20H26N2O2. The Bertz CT molecular complexity index is 666. The van der Waals surface area contributed by atoms with Gasteiger partial charge in [-0.25, -0.2) is 0 Å². The number of carbonyl (C=O) groups is 1. The van der Waals surface area contributed by atoms with Crippen molar-refractivity contribution in [1.29, 1.82) is 0 Å². The molecule has 0 aliphatic carbocycles. The van der Waals surface area contributed by atoms with E-state index in [1.807, 2.05) is 30.3 Å². The molecule has 2 aromatic carbocycles. The molecule has 4 nitrogen and oxygen atoms in total. The van der Waals surface area contributed by atoms with E-state index < -0.39 is 0 Å². The second-order valence-electron chi connectivity index (χ2n) is 5.74. The van der Waals surface area contributed by atoms with Crippen LogP contribution in [0.25, 0.3) is 0 Å². The molecule has 128 valence electrons. The standard InChI is InChI=1S/C20H26N2O2/c1-4-13-24-18-11-9-17(10-12-18)22-19(23)14-21-20-15(3)7-6-8-16(20)5-2/h6-12,21H,4-5,13-14H2,1-3H3,(H,22,23). The van der Waals surface area contributed by atoms with Gasteiger partial charge >= 0.3 is 0 Å². The van der Waals surface area contributed by atoms with Crippen LogP contribution in [0.2, 0.25) is 0 Å². The van der Waals surface area contributed by atoms with Crippen molar-refractivity contribution in [2.75, 3.05) is 23.8 Å². The highest BCUT2D eigenvalue weighted by Crippen LogP contribution is 2.21. The van der Waals surface area contributed by atoms with Crippen molar-refractivity contribution < 1.29 is 9.53 Å². The summed E-state index contributed by atoms with van der Waals surface area (Å²) in [5.41, 5.74) is 4.20. The minimum absolute atomic E-state index is 0.0671. The fourth-order valence-corrected chi connectivity index (χ4v) is 2.50. The zero-order valence-electron chi connectivity index (χ0n) is 14.7. The summed E-state index contributed by atoms with van der Waals surface area (Å²) in [7, 11) is 0. The average molecular weight is 326 g/mol. The van der Waals surface area contributed by atoms with Crippen molar-refractivity contribution in [1.82, 2.24) is 0 Å². The van der Waals surface area contributed by atoms with Crippen LogP contribution in [0.15, 0.2) is 42.5 Å². The molecule has 4 heteroatoms. The van der Waals surface area contributed by atoms with Gasteiger partial charge in [0.25, 0.3) is 0 Å². The molecule has 0 aliphatic rings. The third kappa shape index (κ3) is 5.01. The maximum Gasteiger partial charge on any atom is 0.243 e. The summed E-state index contributed by atoms with van der Waals surface area (Å²) in [6, 6.07) is 13.6. The number of aryl methyl sites for hydroxylation is 2. The molecule has 0 heterocycles. The Kier molecular flexibility index (Phi) is 6.67. The van der Waals surface area contributed by atoms with Crippen LogP contribution in [-0.2, 0) is 11.2 Å². The van der Waals surface area contributed by atoms with E-state index in [0.29, 0.717) is 6.61 Å². The van der Waals surface area contributed by atoms with Crippen LogP contribution in [0.5, 0.6) is 5.75 Å². The topological polar surface area (TPSA) is 50.4 Å². The van der Waals surface area contributed by atoms with Gasteiger partial charge in [0.1, 0.15) is 5.75 Å². The van der Waals surface area contributed by atoms with Crippen LogP contribution >= 0.6 is 0 Å². The van der Waals surface area contributed by atoms with Crippen molar-refractivity contribution in [2.45, 2.75) is 33.6 Å². The van der Waals surface area contributed by atoms with E-state index in [1.54, 1.807) is 0 Å². The minimum Gasteiger partial charge on any atom is -0.494 e. The van der Waals surface area contributed by atoms with Crippen molar-refractivity contribution in [3.05, 3.63) is 53.6 Å². The smallest absolute Gasteiger partial charge is 0.243 e. The molecule has 0 radical (unpaired) electrons. The summed E-state index contributed by atoms with van der Waals surface area (Å²) in [4.78, 5) is 12.1. The lowest BCUT2D eigenvalue weighted by molar-refractivity contribution is -0.114. The van der Waals surface area contributed by atoms with Gasteiger partial charge in [-0.3, -0.25) is 4.79 Å². The molecule has 24 heavy (non-hydrogen) atoms. The number of rotatable bonds is 8. The number of para-hydroxylation sites is 1. The third-order valence-electron chi connectivity index (χ3n) is 3.78. The van der Waals surface area contributed by atoms with Gasteiger partial charge in [0.2, 0.25) is 5.91 Å². The summed E-state index contributed by atoms with van der Waals surface area (Å²) in [6.07, 6.45) is 1.91. The molecule has 0 atom stereocenters. The fraction of sp³-hybridized carbons (Fsp3) is 0.350. The highest BCUT2D eigenvalue weighted by atomic mass is 16.5. The molecule has 0 fully saturated rings. The molecule has 2 aromatic rings. The van der Waals surface area contributed by atoms with E-state index in [9.17, 15) is 4.79 Å². The Labute approximate surface area is 144 Å². The molecule has 0 saturated heterocycles. The van der Waals surface area contributed by atoms with Crippen LogP contribution < -0.4 is 15.4 Å². The van der Waals surface area contributed by atoms with Gasteiger partial charge in [-0.15, -0.1) is 0 Å². The Hall–Kier alpha value is -2.49. The predicted octanol–water partition coefficient (Wildman–Crippen LogP) is 4.40. The SMILES string of the molecule is CCCOc1ccc(NC(=O)CNc2c(C)cccc2CC)cc1. The Morgan fingerprint density at radius 1 is 1.08 bits per heavy atom. The van der Waals surface area contributed by atoms with Crippen LogP contribution in [0, 0.1) is 6.92 Å². The number of ether oxygens (including phenoxy) is 1. The van der Waals surface area contributed by atoms with E-state index in [-0.39, 0.29) is 12.5 Å². The molecule has 2 rings (SSSR count). The highest BCUT2D eigenvalue weighted by molar-refractivity contribution is 5.94. The second kappa shape index (κ2) is 8.96.